The number of halogens is 1. The van der Waals surface area contributed by atoms with Crippen LogP contribution in [0.25, 0.3) is 0 Å². The monoisotopic (exact) mass is 209 g/mol. The third kappa shape index (κ3) is 1.88. The molecule has 1 aromatic carbocycles. The van der Waals surface area contributed by atoms with Gasteiger partial charge < -0.3 is 10.1 Å². The molecule has 1 aromatic rings. The topological polar surface area (TPSA) is 38.3 Å². The number of hydrogen-bond acceptors (Lipinski definition) is 3. The first-order valence-corrected chi connectivity index (χ1v) is 4.52. The van der Waals surface area contributed by atoms with E-state index in [9.17, 15) is 4.79 Å². The van der Waals surface area contributed by atoms with Gasteiger partial charge in [-0.3, -0.25) is 4.79 Å². The highest BCUT2D eigenvalue weighted by Gasteiger charge is 2.13. The van der Waals surface area contributed by atoms with Gasteiger partial charge in [0.1, 0.15) is 0 Å². The van der Waals surface area contributed by atoms with E-state index in [2.05, 4.69) is 5.32 Å². The van der Waals surface area contributed by atoms with Crippen LogP contribution in [0.5, 0.6) is 0 Å². The van der Waals surface area contributed by atoms with Gasteiger partial charge in [-0.1, -0.05) is 23.7 Å². The Balaban J connectivity index is 2.15. The molecular formula is C10H8ClNO2. The molecule has 14 heavy (non-hydrogen) atoms. The van der Waals surface area contributed by atoms with E-state index in [1.54, 1.807) is 6.07 Å². The summed E-state index contributed by atoms with van der Waals surface area (Å²) in [6.45, 7) is 0.104. The van der Waals surface area contributed by atoms with Crippen molar-refractivity contribution >= 4 is 23.1 Å². The summed E-state index contributed by atoms with van der Waals surface area (Å²) < 4.78 is 5.07. The van der Waals surface area contributed by atoms with Crippen molar-refractivity contribution in [3.05, 3.63) is 41.2 Å². The molecule has 0 bridgehead atoms. The fraction of sp³-hybridized carbons (Fsp3) is 0.100. The Labute approximate surface area is 86.3 Å². The molecule has 0 atom stereocenters. The predicted octanol–water partition coefficient (Wildman–Crippen LogP) is 2.19. The Morgan fingerprint density at radius 2 is 2.14 bits per heavy atom. The maximum absolute atomic E-state index is 10.9. The van der Waals surface area contributed by atoms with Crippen LogP contribution in [0.1, 0.15) is 0 Å². The molecule has 3 nitrogen and oxygen atoms in total. The molecule has 0 aliphatic carbocycles. The molecule has 0 fully saturated rings. The minimum Gasteiger partial charge on any atom is -0.470 e. The van der Waals surface area contributed by atoms with E-state index in [0.717, 1.165) is 5.69 Å². The summed E-state index contributed by atoms with van der Waals surface area (Å²) in [6, 6.07) is 7.27. The van der Waals surface area contributed by atoms with Crippen molar-refractivity contribution in [2.24, 2.45) is 0 Å². The summed E-state index contributed by atoms with van der Waals surface area (Å²) in [5.74, 6) is 0.405. The number of nitrogens with one attached hydrogen (secondary N) is 1. The first kappa shape index (κ1) is 9.09. The third-order valence-electron chi connectivity index (χ3n) is 1.79. The number of benzene rings is 1. The maximum atomic E-state index is 10.9. The van der Waals surface area contributed by atoms with Crippen LogP contribution >= 0.6 is 11.6 Å². The smallest absolute Gasteiger partial charge is 0.198 e. The van der Waals surface area contributed by atoms with Crippen LogP contribution in [0.3, 0.4) is 0 Å². The van der Waals surface area contributed by atoms with E-state index in [-0.39, 0.29) is 12.4 Å². The van der Waals surface area contributed by atoms with Crippen molar-refractivity contribution in [3.8, 4) is 0 Å². The van der Waals surface area contributed by atoms with Gasteiger partial charge in [-0.05, 0) is 12.1 Å². The minimum atomic E-state index is -0.0421. The average Bonchev–Trinajstić information content (AvgIpc) is 2.56. The SMILES string of the molecule is O=C1C=C(Nc2ccccc2Cl)OC1. The zero-order chi connectivity index (χ0) is 9.97. The molecule has 0 saturated heterocycles. The lowest BCUT2D eigenvalue weighted by molar-refractivity contribution is -0.115. The molecular weight excluding hydrogens is 202 g/mol. The summed E-state index contributed by atoms with van der Waals surface area (Å²) in [4.78, 5) is 10.9. The fourth-order valence-electron chi connectivity index (χ4n) is 1.15. The number of ketones is 1. The second kappa shape index (κ2) is 3.72. The fourth-order valence-corrected chi connectivity index (χ4v) is 1.33. The van der Waals surface area contributed by atoms with Crippen LogP contribution in [-0.4, -0.2) is 12.4 Å². The highest BCUT2D eigenvalue weighted by atomic mass is 35.5. The lowest BCUT2D eigenvalue weighted by Crippen LogP contribution is -2.00. The molecule has 72 valence electrons. The summed E-state index contributed by atoms with van der Waals surface area (Å²) in [5.41, 5.74) is 0.732. The number of ether oxygens (including phenoxy) is 1. The Morgan fingerprint density at radius 3 is 2.79 bits per heavy atom. The van der Waals surface area contributed by atoms with Crippen molar-refractivity contribution in [3.63, 3.8) is 0 Å². The van der Waals surface area contributed by atoms with Gasteiger partial charge in [0.05, 0.1) is 10.7 Å². The molecule has 0 saturated carbocycles. The van der Waals surface area contributed by atoms with Crippen molar-refractivity contribution < 1.29 is 9.53 Å². The standard InChI is InChI=1S/C10H8ClNO2/c11-8-3-1-2-4-9(8)12-10-5-7(13)6-14-10/h1-5,12H,6H2. The molecule has 0 aromatic heterocycles. The van der Waals surface area contributed by atoms with Crippen LogP contribution in [-0.2, 0) is 9.53 Å². The lowest BCUT2D eigenvalue weighted by atomic mass is 10.3. The first-order chi connectivity index (χ1) is 6.75. The van der Waals surface area contributed by atoms with Crippen LogP contribution in [0.2, 0.25) is 5.02 Å². The largest absolute Gasteiger partial charge is 0.470 e. The summed E-state index contributed by atoms with van der Waals surface area (Å²) in [5, 5.41) is 3.52. The van der Waals surface area contributed by atoms with E-state index < -0.39 is 0 Å². The second-order valence-electron chi connectivity index (χ2n) is 2.87. The molecule has 2 rings (SSSR count). The lowest BCUT2D eigenvalue weighted by Gasteiger charge is -2.07. The minimum absolute atomic E-state index is 0.0421. The third-order valence-corrected chi connectivity index (χ3v) is 2.12. The average molecular weight is 210 g/mol. The molecule has 1 heterocycles. The van der Waals surface area contributed by atoms with E-state index in [1.165, 1.54) is 6.08 Å². The van der Waals surface area contributed by atoms with Crippen molar-refractivity contribution in [2.75, 3.05) is 11.9 Å². The second-order valence-corrected chi connectivity index (χ2v) is 3.28. The zero-order valence-electron chi connectivity index (χ0n) is 7.29. The number of anilines is 1. The molecule has 1 aliphatic heterocycles. The highest BCUT2D eigenvalue weighted by Crippen LogP contribution is 2.23. The van der Waals surface area contributed by atoms with Crippen LogP contribution in [0.15, 0.2) is 36.2 Å². The zero-order valence-corrected chi connectivity index (χ0v) is 8.04. The molecule has 4 heteroatoms. The maximum Gasteiger partial charge on any atom is 0.198 e. The Morgan fingerprint density at radius 1 is 1.36 bits per heavy atom. The van der Waals surface area contributed by atoms with E-state index in [0.29, 0.717) is 10.9 Å². The quantitative estimate of drug-likeness (QED) is 0.812. The van der Waals surface area contributed by atoms with Crippen LogP contribution < -0.4 is 5.32 Å². The Kier molecular flexibility index (Phi) is 2.41. The van der Waals surface area contributed by atoms with Crippen LogP contribution in [0.4, 0.5) is 5.69 Å². The van der Waals surface area contributed by atoms with E-state index >= 15 is 0 Å². The van der Waals surface area contributed by atoms with Gasteiger partial charge in [0.25, 0.3) is 0 Å². The number of hydrogen-bond donors (Lipinski definition) is 1. The number of carbonyl (C=O) groups excluding carboxylic acids is 1. The number of rotatable bonds is 2. The van der Waals surface area contributed by atoms with Crippen molar-refractivity contribution in [1.29, 1.82) is 0 Å². The first-order valence-electron chi connectivity index (χ1n) is 4.14. The molecule has 0 spiro atoms. The normalized spacial score (nSPS) is 14.9. The molecule has 0 radical (unpaired) electrons. The van der Waals surface area contributed by atoms with Gasteiger partial charge >= 0.3 is 0 Å². The summed E-state index contributed by atoms with van der Waals surface area (Å²) in [6.07, 6.45) is 1.42. The van der Waals surface area contributed by atoms with Gasteiger partial charge in [0.15, 0.2) is 18.3 Å². The number of carbonyl (C=O) groups is 1. The van der Waals surface area contributed by atoms with E-state index in [4.69, 9.17) is 16.3 Å². The van der Waals surface area contributed by atoms with Crippen molar-refractivity contribution in [2.45, 2.75) is 0 Å². The van der Waals surface area contributed by atoms with Crippen LogP contribution in [0, 0.1) is 0 Å². The molecule has 1 N–H and O–H groups in total. The summed E-state index contributed by atoms with van der Waals surface area (Å²) >= 11 is 5.91. The molecule has 1 aliphatic rings. The number of para-hydroxylation sites is 1. The highest BCUT2D eigenvalue weighted by molar-refractivity contribution is 6.33. The summed E-state index contributed by atoms with van der Waals surface area (Å²) in [7, 11) is 0. The van der Waals surface area contributed by atoms with Gasteiger partial charge in [-0.15, -0.1) is 0 Å². The Hall–Kier alpha value is -1.48. The van der Waals surface area contributed by atoms with Gasteiger partial charge in [0.2, 0.25) is 0 Å². The van der Waals surface area contributed by atoms with Gasteiger partial charge in [0, 0.05) is 6.08 Å². The molecule has 0 unspecified atom stereocenters. The molecule has 0 amide bonds. The Bertz CT molecular complexity index is 401. The predicted molar refractivity (Wildman–Crippen MR) is 54.1 cm³/mol. The van der Waals surface area contributed by atoms with Gasteiger partial charge in [-0.25, -0.2) is 0 Å². The van der Waals surface area contributed by atoms with E-state index in [1.807, 2.05) is 18.2 Å². The van der Waals surface area contributed by atoms with Gasteiger partial charge in [-0.2, -0.15) is 0 Å². The van der Waals surface area contributed by atoms with Crippen molar-refractivity contribution in [1.82, 2.24) is 0 Å².